The van der Waals surface area contributed by atoms with Crippen molar-refractivity contribution in [2.24, 2.45) is 0 Å². The topological polar surface area (TPSA) is 29.5 Å². The van der Waals surface area contributed by atoms with Crippen molar-refractivity contribution in [2.45, 2.75) is 38.0 Å². The predicted octanol–water partition coefficient (Wildman–Crippen LogP) is 0.744. The summed E-state index contributed by atoms with van der Waals surface area (Å²) in [7, 11) is 1.68. The molecule has 0 aromatic heterocycles. The second kappa shape index (κ2) is 2.48. The van der Waals surface area contributed by atoms with Gasteiger partial charge in [-0.2, -0.15) is 0 Å². The molecule has 2 rings (SSSR count). The van der Waals surface area contributed by atoms with Crippen LogP contribution in [-0.2, 0) is 9.53 Å². The van der Waals surface area contributed by atoms with Gasteiger partial charge in [-0.05, 0) is 19.3 Å². The fourth-order valence-electron chi connectivity index (χ4n) is 2.15. The smallest absolute Gasteiger partial charge is 0.224 e. The second-order valence-electron chi connectivity index (χ2n) is 3.26. The summed E-state index contributed by atoms with van der Waals surface area (Å²) >= 11 is 0. The first-order valence-corrected chi connectivity index (χ1v) is 4.17. The SMILES string of the molecule is COC1CCC2CCC(=O)N21. The zero-order valence-electron chi connectivity index (χ0n) is 6.75. The molecule has 2 atom stereocenters. The van der Waals surface area contributed by atoms with Gasteiger partial charge in [0.2, 0.25) is 5.91 Å². The molecule has 2 heterocycles. The molecule has 2 fully saturated rings. The summed E-state index contributed by atoms with van der Waals surface area (Å²) in [6, 6.07) is 0.493. The number of carbonyl (C=O) groups is 1. The summed E-state index contributed by atoms with van der Waals surface area (Å²) in [5.74, 6) is 0.277. The minimum atomic E-state index is 0.0787. The van der Waals surface area contributed by atoms with Crippen molar-refractivity contribution >= 4 is 5.91 Å². The average molecular weight is 155 g/mol. The number of hydrogen-bond donors (Lipinski definition) is 0. The first kappa shape index (κ1) is 7.10. The van der Waals surface area contributed by atoms with Crippen LogP contribution in [0.15, 0.2) is 0 Å². The Hall–Kier alpha value is -0.570. The minimum absolute atomic E-state index is 0.0787. The molecule has 2 unspecified atom stereocenters. The first-order chi connectivity index (χ1) is 5.33. The van der Waals surface area contributed by atoms with Gasteiger partial charge in [-0.15, -0.1) is 0 Å². The first-order valence-electron chi connectivity index (χ1n) is 4.17. The maximum atomic E-state index is 11.3. The molecule has 0 saturated carbocycles. The standard InChI is InChI=1S/C8H13NO2/c1-11-8-5-3-6-2-4-7(10)9(6)8/h6,8H,2-5H2,1H3. The van der Waals surface area contributed by atoms with Gasteiger partial charge in [0.1, 0.15) is 6.23 Å². The van der Waals surface area contributed by atoms with Crippen molar-refractivity contribution in [3.63, 3.8) is 0 Å². The molecule has 0 aromatic carbocycles. The number of ether oxygens (including phenoxy) is 1. The number of fused-ring (bicyclic) bond motifs is 1. The van der Waals surface area contributed by atoms with Gasteiger partial charge in [0, 0.05) is 19.6 Å². The Labute approximate surface area is 66.3 Å². The van der Waals surface area contributed by atoms with Gasteiger partial charge in [-0.25, -0.2) is 0 Å². The van der Waals surface area contributed by atoms with Crippen molar-refractivity contribution in [3.05, 3.63) is 0 Å². The highest BCUT2D eigenvalue weighted by atomic mass is 16.5. The molecule has 0 aromatic rings. The summed E-state index contributed by atoms with van der Waals surface area (Å²) in [5, 5.41) is 0. The molecule has 2 saturated heterocycles. The maximum absolute atomic E-state index is 11.3. The molecule has 0 N–H and O–H groups in total. The van der Waals surface area contributed by atoms with Crippen LogP contribution in [0.3, 0.4) is 0 Å². The van der Waals surface area contributed by atoms with Crippen LogP contribution >= 0.6 is 0 Å². The monoisotopic (exact) mass is 155 g/mol. The fourth-order valence-corrected chi connectivity index (χ4v) is 2.15. The molecule has 3 heteroatoms. The molecule has 2 aliphatic rings. The number of carbonyl (C=O) groups excluding carboxylic acids is 1. The molecule has 1 amide bonds. The molecule has 0 bridgehead atoms. The Balaban J connectivity index is 2.13. The zero-order valence-corrected chi connectivity index (χ0v) is 6.75. The van der Waals surface area contributed by atoms with E-state index in [1.165, 1.54) is 0 Å². The molecule has 3 nitrogen and oxygen atoms in total. The lowest BCUT2D eigenvalue weighted by molar-refractivity contribution is -0.137. The van der Waals surface area contributed by atoms with Crippen LogP contribution in [0.5, 0.6) is 0 Å². The Morgan fingerprint density at radius 2 is 2.27 bits per heavy atom. The Kier molecular flexibility index (Phi) is 1.60. The summed E-state index contributed by atoms with van der Waals surface area (Å²) in [6.07, 6.45) is 4.00. The highest BCUT2D eigenvalue weighted by Gasteiger charge is 2.41. The highest BCUT2D eigenvalue weighted by Crippen LogP contribution is 2.33. The van der Waals surface area contributed by atoms with Crippen LogP contribution < -0.4 is 0 Å². The van der Waals surface area contributed by atoms with Gasteiger partial charge >= 0.3 is 0 Å². The van der Waals surface area contributed by atoms with Gasteiger partial charge < -0.3 is 9.64 Å². The van der Waals surface area contributed by atoms with Crippen molar-refractivity contribution in [2.75, 3.05) is 7.11 Å². The third-order valence-electron chi connectivity index (χ3n) is 2.70. The molecular weight excluding hydrogens is 142 g/mol. The van der Waals surface area contributed by atoms with Crippen LogP contribution in [0.25, 0.3) is 0 Å². The van der Waals surface area contributed by atoms with Gasteiger partial charge in [0.25, 0.3) is 0 Å². The van der Waals surface area contributed by atoms with Crippen LogP contribution in [0, 0.1) is 0 Å². The third-order valence-corrected chi connectivity index (χ3v) is 2.70. The lowest BCUT2D eigenvalue weighted by Gasteiger charge is -2.22. The highest BCUT2D eigenvalue weighted by molar-refractivity contribution is 5.79. The Morgan fingerprint density at radius 1 is 1.45 bits per heavy atom. The number of nitrogens with zero attached hydrogens (tertiary/aromatic N) is 1. The molecule has 0 radical (unpaired) electrons. The van der Waals surface area contributed by atoms with E-state index in [-0.39, 0.29) is 12.1 Å². The van der Waals surface area contributed by atoms with E-state index in [0.29, 0.717) is 6.04 Å². The number of hydrogen-bond acceptors (Lipinski definition) is 2. The van der Waals surface area contributed by atoms with Crippen LogP contribution in [0.4, 0.5) is 0 Å². The van der Waals surface area contributed by atoms with E-state index < -0.39 is 0 Å². The van der Waals surface area contributed by atoms with E-state index in [9.17, 15) is 4.79 Å². The molecular formula is C8H13NO2. The number of amides is 1. The second-order valence-corrected chi connectivity index (χ2v) is 3.26. The van der Waals surface area contributed by atoms with Gasteiger partial charge in [-0.3, -0.25) is 4.79 Å². The molecule has 0 aliphatic carbocycles. The van der Waals surface area contributed by atoms with E-state index in [1.54, 1.807) is 7.11 Å². The summed E-state index contributed by atoms with van der Waals surface area (Å²) in [6.45, 7) is 0. The Bertz CT molecular complexity index is 181. The molecule has 2 aliphatic heterocycles. The zero-order chi connectivity index (χ0) is 7.84. The molecule has 11 heavy (non-hydrogen) atoms. The predicted molar refractivity (Wildman–Crippen MR) is 39.9 cm³/mol. The van der Waals surface area contributed by atoms with E-state index in [0.717, 1.165) is 25.7 Å². The number of rotatable bonds is 1. The van der Waals surface area contributed by atoms with Crippen molar-refractivity contribution in [1.29, 1.82) is 0 Å². The van der Waals surface area contributed by atoms with Crippen molar-refractivity contribution in [3.8, 4) is 0 Å². The van der Waals surface area contributed by atoms with Crippen LogP contribution in [0.1, 0.15) is 25.7 Å². The van der Waals surface area contributed by atoms with Gasteiger partial charge in [-0.1, -0.05) is 0 Å². The van der Waals surface area contributed by atoms with E-state index in [1.807, 2.05) is 4.90 Å². The third kappa shape index (κ3) is 0.948. The largest absolute Gasteiger partial charge is 0.362 e. The quantitative estimate of drug-likeness (QED) is 0.559. The average Bonchev–Trinajstić information content (AvgIpc) is 2.54. The number of methoxy groups -OCH3 is 1. The lowest BCUT2D eigenvalue weighted by atomic mass is 10.1. The van der Waals surface area contributed by atoms with Crippen LogP contribution in [-0.4, -0.2) is 30.2 Å². The van der Waals surface area contributed by atoms with Gasteiger partial charge in [0.15, 0.2) is 0 Å². The molecule has 0 spiro atoms. The summed E-state index contributed by atoms with van der Waals surface area (Å²) in [5.41, 5.74) is 0. The lowest BCUT2D eigenvalue weighted by Crippen LogP contribution is -2.35. The van der Waals surface area contributed by atoms with Crippen LogP contribution in [0.2, 0.25) is 0 Å². The summed E-state index contributed by atoms with van der Waals surface area (Å²) < 4.78 is 5.20. The maximum Gasteiger partial charge on any atom is 0.224 e. The van der Waals surface area contributed by atoms with E-state index in [2.05, 4.69) is 0 Å². The fraction of sp³-hybridized carbons (Fsp3) is 0.875. The normalized spacial score (nSPS) is 36.5. The molecule has 62 valence electrons. The Morgan fingerprint density at radius 3 is 3.00 bits per heavy atom. The van der Waals surface area contributed by atoms with E-state index >= 15 is 0 Å². The van der Waals surface area contributed by atoms with E-state index in [4.69, 9.17) is 4.74 Å². The van der Waals surface area contributed by atoms with Crippen molar-refractivity contribution in [1.82, 2.24) is 4.90 Å². The van der Waals surface area contributed by atoms with Gasteiger partial charge in [0.05, 0.1) is 0 Å². The van der Waals surface area contributed by atoms with Crippen molar-refractivity contribution < 1.29 is 9.53 Å². The summed E-state index contributed by atoms with van der Waals surface area (Å²) in [4.78, 5) is 13.2. The minimum Gasteiger partial charge on any atom is -0.362 e.